The number of nitrogens with two attached hydrogens (primary N) is 1. The Balaban J connectivity index is 2.05. The van der Waals surface area contributed by atoms with Crippen LogP contribution in [0.25, 0.3) is 0 Å². The first-order chi connectivity index (χ1) is 9.69. The molecule has 4 nitrogen and oxygen atoms in total. The molecule has 0 saturated heterocycles. The van der Waals surface area contributed by atoms with Crippen LogP contribution in [0.4, 0.5) is 10.5 Å². The Kier molecular flexibility index (Phi) is 5.28. The molecule has 5 heteroatoms. The van der Waals surface area contributed by atoms with Crippen LogP contribution in [0, 0.1) is 11.8 Å². The Hall–Kier alpha value is -1.70. The van der Waals surface area contributed by atoms with Crippen LogP contribution in [-0.4, -0.2) is 18.6 Å². The van der Waals surface area contributed by atoms with Crippen molar-refractivity contribution in [1.29, 1.82) is 0 Å². The second-order valence-electron chi connectivity index (χ2n) is 4.78. The van der Waals surface area contributed by atoms with Crippen LogP contribution in [0.1, 0.15) is 31.2 Å². The van der Waals surface area contributed by atoms with Crippen LogP contribution in [0.2, 0.25) is 5.02 Å². The number of halogens is 1. The van der Waals surface area contributed by atoms with Crippen molar-refractivity contribution in [3.63, 3.8) is 0 Å². The highest BCUT2D eigenvalue weighted by atomic mass is 35.5. The van der Waals surface area contributed by atoms with E-state index >= 15 is 0 Å². The lowest BCUT2D eigenvalue weighted by molar-refractivity contribution is 0.248. The van der Waals surface area contributed by atoms with Gasteiger partial charge in [0.1, 0.15) is 0 Å². The molecular formula is C15H18ClN3O. The molecule has 1 saturated carbocycles. The Morgan fingerprint density at radius 2 is 2.15 bits per heavy atom. The van der Waals surface area contributed by atoms with E-state index in [0.29, 0.717) is 16.3 Å². The molecule has 0 bridgehead atoms. The average Bonchev–Trinajstić information content (AvgIpc) is 2.91. The minimum Gasteiger partial charge on any atom is -0.335 e. The number of benzene rings is 1. The molecule has 20 heavy (non-hydrogen) atoms. The summed E-state index contributed by atoms with van der Waals surface area (Å²) >= 11 is 5.94. The Bertz CT molecular complexity index is 542. The summed E-state index contributed by atoms with van der Waals surface area (Å²) in [5.41, 5.74) is 6.68. The zero-order chi connectivity index (χ0) is 14.4. The summed E-state index contributed by atoms with van der Waals surface area (Å²) in [6.07, 6.45) is 4.46. The molecular weight excluding hydrogens is 274 g/mol. The fraction of sp³-hybridized carbons (Fsp3) is 0.400. The first kappa shape index (κ1) is 14.7. The molecule has 0 aliphatic heterocycles. The smallest absolute Gasteiger partial charge is 0.319 e. The van der Waals surface area contributed by atoms with Gasteiger partial charge in [-0.05, 0) is 31.0 Å². The van der Waals surface area contributed by atoms with Gasteiger partial charge in [-0.25, -0.2) is 4.79 Å². The van der Waals surface area contributed by atoms with Crippen molar-refractivity contribution >= 4 is 23.3 Å². The predicted molar refractivity (Wildman–Crippen MR) is 81.8 cm³/mol. The summed E-state index contributed by atoms with van der Waals surface area (Å²) in [4.78, 5) is 12.0. The van der Waals surface area contributed by atoms with Crippen molar-refractivity contribution in [2.45, 2.75) is 31.7 Å². The molecule has 2 rings (SSSR count). The summed E-state index contributed by atoms with van der Waals surface area (Å²) in [7, 11) is 0. The molecule has 0 heterocycles. The van der Waals surface area contributed by atoms with E-state index < -0.39 is 0 Å². The van der Waals surface area contributed by atoms with Crippen LogP contribution < -0.4 is 16.4 Å². The lowest BCUT2D eigenvalue weighted by Gasteiger charge is -2.14. The highest BCUT2D eigenvalue weighted by Crippen LogP contribution is 2.21. The number of anilines is 1. The molecule has 1 aromatic carbocycles. The predicted octanol–water partition coefficient (Wildman–Crippen LogP) is 2.71. The SMILES string of the molecule is NCC#Cc1cc(Cl)ccc1NC(=O)NC1CCCC1. The van der Waals surface area contributed by atoms with Gasteiger partial charge in [0.2, 0.25) is 0 Å². The van der Waals surface area contributed by atoms with Gasteiger partial charge < -0.3 is 16.4 Å². The zero-order valence-electron chi connectivity index (χ0n) is 11.2. The fourth-order valence-corrected chi connectivity index (χ4v) is 2.46. The van der Waals surface area contributed by atoms with Crippen LogP contribution in [0.5, 0.6) is 0 Å². The third-order valence-corrected chi connectivity index (χ3v) is 3.48. The summed E-state index contributed by atoms with van der Waals surface area (Å²) in [5.74, 6) is 5.68. The van der Waals surface area contributed by atoms with Crippen molar-refractivity contribution in [3.8, 4) is 11.8 Å². The van der Waals surface area contributed by atoms with E-state index in [1.165, 1.54) is 12.8 Å². The molecule has 0 aromatic heterocycles. The molecule has 0 atom stereocenters. The van der Waals surface area contributed by atoms with Crippen LogP contribution in [0.15, 0.2) is 18.2 Å². The molecule has 0 radical (unpaired) electrons. The highest BCUT2D eigenvalue weighted by Gasteiger charge is 2.17. The Labute approximate surface area is 124 Å². The van der Waals surface area contributed by atoms with Crippen LogP contribution in [0.3, 0.4) is 0 Å². The maximum atomic E-state index is 12.0. The first-order valence-corrected chi connectivity index (χ1v) is 7.13. The standard InChI is InChI=1S/C15H18ClN3O/c16-12-7-8-14(11(10-12)4-3-9-17)19-15(20)18-13-5-1-2-6-13/h7-8,10,13H,1-2,5-6,9,17H2,(H2,18,19,20). The first-order valence-electron chi connectivity index (χ1n) is 6.75. The lowest BCUT2D eigenvalue weighted by atomic mass is 10.2. The number of carbonyl (C=O) groups excluding carboxylic acids is 1. The minimum absolute atomic E-state index is 0.199. The Morgan fingerprint density at radius 3 is 2.85 bits per heavy atom. The number of urea groups is 1. The normalized spacial score (nSPS) is 14.5. The number of hydrogen-bond donors (Lipinski definition) is 3. The quantitative estimate of drug-likeness (QED) is 0.734. The largest absolute Gasteiger partial charge is 0.335 e. The van der Waals surface area contributed by atoms with Gasteiger partial charge in [-0.15, -0.1) is 0 Å². The Morgan fingerprint density at radius 1 is 1.40 bits per heavy atom. The fourth-order valence-electron chi connectivity index (χ4n) is 2.29. The number of rotatable bonds is 2. The van der Waals surface area contributed by atoms with Gasteiger partial charge in [0.15, 0.2) is 0 Å². The van der Waals surface area contributed by atoms with Crippen molar-refractivity contribution < 1.29 is 4.79 Å². The molecule has 1 aliphatic carbocycles. The van der Waals surface area contributed by atoms with Gasteiger partial charge in [0.25, 0.3) is 0 Å². The van der Waals surface area contributed by atoms with Crippen molar-refractivity contribution in [2.75, 3.05) is 11.9 Å². The zero-order valence-corrected chi connectivity index (χ0v) is 12.0. The van der Waals surface area contributed by atoms with Crippen molar-refractivity contribution in [1.82, 2.24) is 5.32 Å². The molecule has 2 amide bonds. The van der Waals surface area contributed by atoms with E-state index in [1.54, 1.807) is 18.2 Å². The second kappa shape index (κ2) is 7.18. The summed E-state index contributed by atoms with van der Waals surface area (Å²) in [6, 6.07) is 5.27. The number of carbonyl (C=O) groups is 1. The molecule has 106 valence electrons. The van der Waals surface area contributed by atoms with Gasteiger partial charge >= 0.3 is 6.03 Å². The van der Waals surface area contributed by atoms with Gasteiger partial charge in [0.05, 0.1) is 12.2 Å². The lowest BCUT2D eigenvalue weighted by Crippen LogP contribution is -2.36. The summed E-state index contributed by atoms with van der Waals surface area (Å²) in [5, 5.41) is 6.37. The van der Waals surface area contributed by atoms with E-state index in [1.807, 2.05) is 0 Å². The average molecular weight is 292 g/mol. The van der Waals surface area contributed by atoms with Crippen LogP contribution in [-0.2, 0) is 0 Å². The molecule has 1 aliphatic rings. The number of amides is 2. The monoisotopic (exact) mass is 291 g/mol. The third kappa shape index (κ3) is 4.16. The molecule has 1 fully saturated rings. The van der Waals surface area contributed by atoms with Crippen molar-refractivity contribution in [2.24, 2.45) is 5.73 Å². The molecule has 0 unspecified atom stereocenters. The highest BCUT2D eigenvalue weighted by molar-refractivity contribution is 6.30. The number of hydrogen-bond acceptors (Lipinski definition) is 2. The van der Waals surface area contributed by atoms with Gasteiger partial charge in [-0.3, -0.25) is 0 Å². The second-order valence-corrected chi connectivity index (χ2v) is 5.21. The summed E-state index contributed by atoms with van der Waals surface area (Å²) < 4.78 is 0. The van der Waals surface area contributed by atoms with E-state index in [2.05, 4.69) is 22.5 Å². The minimum atomic E-state index is -0.199. The summed E-state index contributed by atoms with van der Waals surface area (Å²) in [6.45, 7) is 0.264. The van der Waals surface area contributed by atoms with E-state index in [-0.39, 0.29) is 18.6 Å². The maximum absolute atomic E-state index is 12.0. The number of nitrogens with one attached hydrogen (secondary N) is 2. The van der Waals surface area contributed by atoms with Gasteiger partial charge in [0, 0.05) is 16.6 Å². The van der Waals surface area contributed by atoms with E-state index in [0.717, 1.165) is 12.8 Å². The van der Waals surface area contributed by atoms with Gasteiger partial charge in [-0.1, -0.05) is 36.3 Å². The topological polar surface area (TPSA) is 67.1 Å². The third-order valence-electron chi connectivity index (χ3n) is 3.25. The molecule has 0 spiro atoms. The van der Waals surface area contributed by atoms with E-state index in [9.17, 15) is 4.79 Å². The van der Waals surface area contributed by atoms with Crippen LogP contribution >= 0.6 is 11.6 Å². The van der Waals surface area contributed by atoms with E-state index in [4.69, 9.17) is 17.3 Å². The molecule has 1 aromatic rings. The maximum Gasteiger partial charge on any atom is 0.319 e. The van der Waals surface area contributed by atoms with Crippen molar-refractivity contribution in [3.05, 3.63) is 28.8 Å². The van der Waals surface area contributed by atoms with Gasteiger partial charge in [-0.2, -0.15) is 0 Å². The molecule has 4 N–H and O–H groups in total.